The number of carboxylic acids is 3. The Hall–Kier alpha value is -0.452. The maximum atomic E-state index is 8.89. The molecule has 9 heteroatoms. The van der Waals surface area contributed by atoms with Crippen LogP contribution in [0.2, 0.25) is 0 Å². The molecule has 15 heavy (non-hydrogen) atoms. The first-order valence-electron chi connectivity index (χ1n) is 2.91. The van der Waals surface area contributed by atoms with Crippen LogP contribution in [0, 0.1) is 0 Å². The standard InChI is InChI=1S/3C2H4O2.Mn.O.Sb/c3*1-2(3)4;;;/h3*1H3,(H,3,4);;;/q;;;+2;;+1/p-3. The molecule has 0 aromatic heterocycles. The molecule has 0 amide bonds. The summed E-state index contributed by atoms with van der Waals surface area (Å²) in [7, 11) is 0. The summed E-state index contributed by atoms with van der Waals surface area (Å²) in [5.41, 5.74) is 0. The van der Waals surface area contributed by atoms with Crippen LogP contribution in [0.5, 0.6) is 0 Å². The second kappa shape index (κ2) is 29.2. The van der Waals surface area contributed by atoms with E-state index in [1.54, 1.807) is 0 Å². The summed E-state index contributed by atoms with van der Waals surface area (Å²) in [6, 6.07) is 0. The number of carboxylic acid groups (broad SMARTS) is 3. The van der Waals surface area contributed by atoms with Gasteiger partial charge in [-0.2, -0.15) is 0 Å². The van der Waals surface area contributed by atoms with Crippen molar-refractivity contribution in [3.05, 3.63) is 0 Å². The van der Waals surface area contributed by atoms with Gasteiger partial charge in [-0.3, -0.25) is 0 Å². The normalized spacial score (nSPS) is 5.27. The fourth-order valence-electron chi connectivity index (χ4n) is 0. The van der Waals surface area contributed by atoms with E-state index in [1.807, 2.05) is 0 Å². The number of aliphatic carboxylic acids is 3. The molecule has 7 nitrogen and oxygen atoms in total. The van der Waals surface area contributed by atoms with Crippen LogP contribution < -0.4 is 15.3 Å². The van der Waals surface area contributed by atoms with E-state index >= 15 is 0 Å². The summed E-state index contributed by atoms with van der Waals surface area (Å²) in [6.45, 7) is 2.92. The summed E-state index contributed by atoms with van der Waals surface area (Å²) >= 11 is 0.500. The van der Waals surface area contributed by atoms with E-state index < -0.39 is 17.9 Å². The first-order chi connectivity index (χ1) is 6.20. The van der Waals surface area contributed by atoms with Crippen molar-refractivity contribution < 1.29 is 49.8 Å². The molecule has 0 saturated heterocycles. The van der Waals surface area contributed by atoms with E-state index in [0.29, 0.717) is 23.0 Å². The Labute approximate surface area is 111 Å². The van der Waals surface area contributed by atoms with Crippen LogP contribution in [0.3, 0.4) is 0 Å². The zero-order chi connectivity index (χ0) is 12.7. The molecule has 87 valence electrons. The molecule has 0 aliphatic heterocycles. The van der Waals surface area contributed by atoms with Gasteiger partial charge in [0, 0.05) is 17.9 Å². The molecule has 0 bridgehead atoms. The van der Waals surface area contributed by atoms with Crippen LogP contribution in [0.1, 0.15) is 20.8 Å². The van der Waals surface area contributed by atoms with Crippen LogP contribution >= 0.6 is 0 Å². The first-order valence-corrected chi connectivity index (χ1v) is 3.95. The van der Waals surface area contributed by atoms with Gasteiger partial charge in [-0.25, -0.2) is 0 Å². The van der Waals surface area contributed by atoms with Crippen LogP contribution in [-0.4, -0.2) is 40.9 Å². The van der Waals surface area contributed by atoms with E-state index in [4.69, 9.17) is 32.7 Å². The Balaban J connectivity index is -0.0000000298. The van der Waals surface area contributed by atoms with E-state index in [9.17, 15) is 0 Å². The van der Waals surface area contributed by atoms with Gasteiger partial charge < -0.3 is 29.7 Å². The summed E-state index contributed by atoms with van der Waals surface area (Å²) in [5, 5.41) is 26.7. The van der Waals surface area contributed by atoms with Crippen molar-refractivity contribution in [2.75, 3.05) is 0 Å². The quantitative estimate of drug-likeness (QED) is 0.394. The first kappa shape index (κ1) is 29.3. The van der Waals surface area contributed by atoms with Gasteiger partial charge in [-0.05, 0) is 20.8 Å². The molecule has 0 heterocycles. The average Bonchev–Trinajstić information content (AvgIpc) is 1.86. The third kappa shape index (κ3) is 8830. The summed E-state index contributed by atoms with van der Waals surface area (Å²) in [6.07, 6.45) is 0. The molecular weight excluding hydrogens is 361 g/mol. The van der Waals surface area contributed by atoms with Gasteiger partial charge in [-0.1, -0.05) is 0 Å². The molecule has 0 fully saturated rings. The van der Waals surface area contributed by atoms with Crippen molar-refractivity contribution in [3.63, 3.8) is 0 Å². The summed E-state index contributed by atoms with van der Waals surface area (Å²) in [5.74, 6) is -3.25. The fourth-order valence-corrected chi connectivity index (χ4v) is 0. The van der Waals surface area contributed by atoms with Crippen molar-refractivity contribution in [1.82, 2.24) is 0 Å². The number of hydrogen-bond donors (Lipinski definition) is 0. The van der Waals surface area contributed by atoms with Gasteiger partial charge in [0.05, 0.1) is 0 Å². The Morgan fingerprint density at radius 3 is 0.733 bits per heavy atom. The van der Waals surface area contributed by atoms with Crippen molar-refractivity contribution >= 4 is 40.9 Å². The predicted molar refractivity (Wildman–Crippen MR) is 38.5 cm³/mol. The van der Waals surface area contributed by atoms with Crippen LogP contribution in [0.25, 0.3) is 0 Å². The second-order valence-electron chi connectivity index (χ2n) is 1.47. The van der Waals surface area contributed by atoms with E-state index in [-0.39, 0.29) is 17.1 Å². The third-order valence-electron chi connectivity index (χ3n) is 0. The number of rotatable bonds is 0. The van der Waals surface area contributed by atoms with Gasteiger partial charge >= 0.3 is 43.1 Å². The van der Waals surface area contributed by atoms with Gasteiger partial charge in [0.1, 0.15) is 0 Å². The molecule has 0 N–H and O–H groups in total. The minimum absolute atomic E-state index is 0. The molecule has 3 radical (unpaired) electrons. The van der Waals surface area contributed by atoms with Crippen molar-refractivity contribution in [2.24, 2.45) is 0 Å². The van der Waals surface area contributed by atoms with Crippen molar-refractivity contribution in [3.8, 4) is 0 Å². The third-order valence-corrected chi connectivity index (χ3v) is 0. The number of carbonyl (C=O) groups is 3. The molecule has 0 spiro atoms. The topological polar surface area (TPSA) is 137 Å². The monoisotopic (exact) mass is 369 g/mol. The molecule has 0 saturated carbocycles. The Bertz CT molecular complexity index is 132. The van der Waals surface area contributed by atoms with E-state index in [1.165, 1.54) is 0 Å². The predicted octanol–water partition coefficient (Wildman–Crippen LogP) is -4.23. The Morgan fingerprint density at radius 1 is 0.733 bits per heavy atom. The minimum atomic E-state index is -1.08. The average molecular weight is 370 g/mol. The molecular formula is C6H9MnO7Sb. The van der Waals surface area contributed by atoms with Gasteiger partial charge in [0.2, 0.25) is 0 Å². The summed E-state index contributed by atoms with van der Waals surface area (Å²) in [4.78, 5) is 26.7. The SMILES string of the molecule is CC(=O)[O-].CC(=O)[O-].CC(=O)[O-].[Mn+2].[O]=[Sb+]. The molecule has 0 aliphatic rings. The zero-order valence-electron chi connectivity index (χ0n) is 8.18. The molecule has 0 aromatic rings. The second-order valence-corrected chi connectivity index (χ2v) is 1.47. The number of carbonyl (C=O) groups excluding carboxylic acids is 3. The van der Waals surface area contributed by atoms with Crippen molar-refractivity contribution in [2.45, 2.75) is 20.8 Å². The zero-order valence-corrected chi connectivity index (χ0v) is 11.9. The maximum absolute atomic E-state index is 8.89. The molecule has 0 aromatic carbocycles. The number of hydrogen-bond acceptors (Lipinski definition) is 7. The van der Waals surface area contributed by atoms with Crippen molar-refractivity contribution in [1.29, 1.82) is 0 Å². The van der Waals surface area contributed by atoms with E-state index in [2.05, 4.69) is 0 Å². The molecule has 0 atom stereocenters. The Kier molecular flexibility index (Phi) is 57.0. The van der Waals surface area contributed by atoms with Crippen LogP contribution in [0.4, 0.5) is 0 Å². The van der Waals surface area contributed by atoms with Crippen LogP contribution in [0.15, 0.2) is 0 Å². The molecule has 0 aliphatic carbocycles. The molecule has 0 rings (SSSR count). The fraction of sp³-hybridized carbons (Fsp3) is 0.500. The summed E-state index contributed by atoms with van der Waals surface area (Å²) < 4.78 is 8.30. The van der Waals surface area contributed by atoms with Gasteiger partial charge in [0.25, 0.3) is 0 Å². The van der Waals surface area contributed by atoms with Gasteiger partial charge in [-0.15, -0.1) is 0 Å². The van der Waals surface area contributed by atoms with Crippen LogP contribution in [-0.2, 0) is 34.5 Å². The Morgan fingerprint density at radius 2 is 0.733 bits per heavy atom. The van der Waals surface area contributed by atoms with E-state index in [0.717, 1.165) is 20.8 Å². The van der Waals surface area contributed by atoms with Gasteiger partial charge in [0.15, 0.2) is 0 Å². The molecule has 0 unspecified atom stereocenters.